The molecule has 1 heterocycles. The molecule has 1 saturated heterocycles. The first-order chi connectivity index (χ1) is 7.93. The first-order valence-electron chi connectivity index (χ1n) is 6.23. The van der Waals surface area contributed by atoms with E-state index in [0.717, 1.165) is 38.9 Å². The van der Waals surface area contributed by atoms with Crippen molar-refractivity contribution in [2.24, 2.45) is 0 Å². The molecule has 1 rings (SSSR count). The molecule has 1 aliphatic heterocycles. The van der Waals surface area contributed by atoms with E-state index in [2.05, 4.69) is 11.8 Å². The lowest BCUT2D eigenvalue weighted by Gasteiger charge is -2.22. The summed E-state index contributed by atoms with van der Waals surface area (Å²) in [4.78, 5) is 0. The summed E-state index contributed by atoms with van der Waals surface area (Å²) in [6, 6.07) is 0. The first kappa shape index (κ1) is 13.5. The molecular formula is C13H22O3. The number of hydrogen-bond donors (Lipinski definition) is 1. The third-order valence-electron chi connectivity index (χ3n) is 2.50. The molecule has 0 radical (unpaired) electrons. The van der Waals surface area contributed by atoms with Gasteiger partial charge in [0.1, 0.15) is 0 Å². The number of ether oxygens (including phenoxy) is 2. The lowest BCUT2D eigenvalue weighted by molar-refractivity contribution is -0.162. The zero-order valence-electron chi connectivity index (χ0n) is 9.91. The zero-order chi connectivity index (χ0) is 11.5. The molecule has 0 amide bonds. The van der Waals surface area contributed by atoms with Gasteiger partial charge >= 0.3 is 0 Å². The molecule has 0 spiro atoms. The maximum absolute atomic E-state index is 8.51. The highest BCUT2D eigenvalue weighted by Crippen LogP contribution is 2.13. The van der Waals surface area contributed by atoms with E-state index in [1.807, 2.05) is 0 Å². The minimum Gasteiger partial charge on any atom is -0.395 e. The van der Waals surface area contributed by atoms with Gasteiger partial charge in [-0.15, -0.1) is 11.8 Å². The van der Waals surface area contributed by atoms with Crippen LogP contribution in [0.5, 0.6) is 0 Å². The standard InChI is InChI=1S/C13H22O3/c14-10-6-3-1-2-4-7-11-15-13-9-5-8-12-16-13/h13-14H,2,4-12H2. The van der Waals surface area contributed by atoms with Crippen molar-refractivity contribution < 1.29 is 14.6 Å². The Balaban J connectivity index is 1.86. The predicted molar refractivity (Wildman–Crippen MR) is 62.9 cm³/mol. The summed E-state index contributed by atoms with van der Waals surface area (Å²) in [5, 5.41) is 8.51. The second-order valence-electron chi connectivity index (χ2n) is 3.95. The van der Waals surface area contributed by atoms with Crippen LogP contribution < -0.4 is 0 Å². The highest BCUT2D eigenvalue weighted by Gasteiger charge is 2.12. The predicted octanol–water partition coefficient (Wildman–Crippen LogP) is 2.09. The molecule has 1 N–H and O–H groups in total. The molecule has 1 fully saturated rings. The Morgan fingerprint density at radius 3 is 2.81 bits per heavy atom. The van der Waals surface area contributed by atoms with Gasteiger partial charge in [-0.2, -0.15) is 0 Å². The largest absolute Gasteiger partial charge is 0.395 e. The van der Waals surface area contributed by atoms with Crippen molar-refractivity contribution in [2.75, 3.05) is 19.8 Å². The normalized spacial score (nSPS) is 20.2. The topological polar surface area (TPSA) is 38.7 Å². The molecule has 0 bridgehead atoms. The van der Waals surface area contributed by atoms with Crippen molar-refractivity contribution in [1.82, 2.24) is 0 Å². The van der Waals surface area contributed by atoms with E-state index in [1.54, 1.807) is 0 Å². The second kappa shape index (κ2) is 9.65. The number of aliphatic hydroxyl groups is 1. The molecule has 0 saturated carbocycles. The summed E-state index contributed by atoms with van der Waals surface area (Å²) < 4.78 is 11.1. The maximum Gasteiger partial charge on any atom is 0.157 e. The van der Waals surface area contributed by atoms with Crippen molar-refractivity contribution in [3.05, 3.63) is 0 Å². The first-order valence-corrected chi connectivity index (χ1v) is 6.23. The molecule has 1 atom stereocenters. The smallest absolute Gasteiger partial charge is 0.157 e. The van der Waals surface area contributed by atoms with Crippen LogP contribution in [0.4, 0.5) is 0 Å². The third-order valence-corrected chi connectivity index (χ3v) is 2.50. The quantitative estimate of drug-likeness (QED) is 0.556. The molecule has 16 heavy (non-hydrogen) atoms. The summed E-state index contributed by atoms with van der Waals surface area (Å²) in [5.41, 5.74) is 0. The molecule has 0 aliphatic carbocycles. The molecule has 1 unspecified atom stereocenters. The van der Waals surface area contributed by atoms with Crippen molar-refractivity contribution >= 4 is 0 Å². The number of hydrogen-bond acceptors (Lipinski definition) is 3. The molecule has 92 valence electrons. The second-order valence-corrected chi connectivity index (χ2v) is 3.95. The molecule has 3 nitrogen and oxygen atoms in total. The third kappa shape index (κ3) is 6.84. The van der Waals surface area contributed by atoms with Gasteiger partial charge in [0.05, 0.1) is 6.61 Å². The van der Waals surface area contributed by atoms with Gasteiger partial charge in [0, 0.05) is 26.1 Å². The Bertz CT molecular complexity index is 211. The fourth-order valence-electron chi connectivity index (χ4n) is 1.61. The zero-order valence-corrected chi connectivity index (χ0v) is 9.91. The van der Waals surface area contributed by atoms with E-state index < -0.39 is 0 Å². The fourth-order valence-corrected chi connectivity index (χ4v) is 1.61. The van der Waals surface area contributed by atoms with E-state index in [4.69, 9.17) is 14.6 Å². The van der Waals surface area contributed by atoms with Crippen LogP contribution in [-0.2, 0) is 9.47 Å². The van der Waals surface area contributed by atoms with Crippen LogP contribution >= 0.6 is 0 Å². The van der Waals surface area contributed by atoms with Crippen LogP contribution in [0, 0.1) is 11.8 Å². The maximum atomic E-state index is 8.51. The SMILES string of the molecule is OCCC#CCCCCOC1CCCCO1. The van der Waals surface area contributed by atoms with Gasteiger partial charge in [-0.3, -0.25) is 0 Å². The van der Waals surface area contributed by atoms with Crippen molar-refractivity contribution in [3.63, 3.8) is 0 Å². The Labute approximate surface area is 98.1 Å². The van der Waals surface area contributed by atoms with Crippen LogP contribution in [0.3, 0.4) is 0 Å². The minimum atomic E-state index is 0.0363. The molecule has 0 aromatic heterocycles. The van der Waals surface area contributed by atoms with E-state index in [1.165, 1.54) is 12.8 Å². The summed E-state index contributed by atoms with van der Waals surface area (Å²) >= 11 is 0. The fraction of sp³-hybridized carbons (Fsp3) is 0.846. The van der Waals surface area contributed by atoms with Gasteiger partial charge in [-0.1, -0.05) is 0 Å². The van der Waals surface area contributed by atoms with E-state index >= 15 is 0 Å². The number of rotatable bonds is 6. The van der Waals surface area contributed by atoms with Crippen molar-refractivity contribution in [3.8, 4) is 11.8 Å². The highest BCUT2D eigenvalue weighted by molar-refractivity contribution is 4.98. The van der Waals surface area contributed by atoms with Crippen LogP contribution in [-0.4, -0.2) is 31.2 Å². The molecule has 0 aromatic carbocycles. The van der Waals surface area contributed by atoms with E-state index in [0.29, 0.717) is 6.42 Å². The van der Waals surface area contributed by atoms with Crippen LogP contribution in [0.2, 0.25) is 0 Å². The Morgan fingerprint density at radius 2 is 2.06 bits per heavy atom. The van der Waals surface area contributed by atoms with Crippen molar-refractivity contribution in [2.45, 2.75) is 51.2 Å². The molecule has 1 aliphatic rings. The number of unbranched alkanes of at least 4 members (excludes halogenated alkanes) is 2. The van der Waals surface area contributed by atoms with Gasteiger partial charge in [-0.25, -0.2) is 0 Å². The summed E-state index contributed by atoms with van der Waals surface area (Å²) in [6.07, 6.45) is 7.04. The average molecular weight is 226 g/mol. The monoisotopic (exact) mass is 226 g/mol. The van der Waals surface area contributed by atoms with Gasteiger partial charge in [0.15, 0.2) is 6.29 Å². The van der Waals surface area contributed by atoms with Gasteiger partial charge in [0.2, 0.25) is 0 Å². The summed E-state index contributed by atoms with van der Waals surface area (Å²) in [5.74, 6) is 5.94. The van der Waals surface area contributed by atoms with Crippen LogP contribution in [0.15, 0.2) is 0 Å². The van der Waals surface area contributed by atoms with E-state index in [9.17, 15) is 0 Å². The van der Waals surface area contributed by atoms with Gasteiger partial charge in [0.25, 0.3) is 0 Å². The lowest BCUT2D eigenvalue weighted by Crippen LogP contribution is -2.22. The van der Waals surface area contributed by atoms with Gasteiger partial charge < -0.3 is 14.6 Å². The molecule has 0 aromatic rings. The Kier molecular flexibility index (Phi) is 8.15. The average Bonchev–Trinajstić information content (AvgIpc) is 2.34. The Morgan fingerprint density at radius 1 is 1.19 bits per heavy atom. The Hall–Kier alpha value is -0.560. The summed E-state index contributed by atoms with van der Waals surface area (Å²) in [6.45, 7) is 1.78. The van der Waals surface area contributed by atoms with Gasteiger partial charge in [-0.05, 0) is 32.1 Å². The van der Waals surface area contributed by atoms with Crippen LogP contribution in [0.25, 0.3) is 0 Å². The van der Waals surface area contributed by atoms with Crippen molar-refractivity contribution in [1.29, 1.82) is 0 Å². The lowest BCUT2D eigenvalue weighted by atomic mass is 10.2. The highest BCUT2D eigenvalue weighted by atomic mass is 16.7. The molecular weight excluding hydrogens is 204 g/mol. The molecule has 3 heteroatoms. The van der Waals surface area contributed by atoms with E-state index in [-0.39, 0.29) is 12.9 Å². The summed E-state index contributed by atoms with van der Waals surface area (Å²) in [7, 11) is 0. The number of aliphatic hydroxyl groups excluding tert-OH is 1. The minimum absolute atomic E-state index is 0.0363. The van der Waals surface area contributed by atoms with Crippen LogP contribution in [0.1, 0.15) is 44.9 Å².